The van der Waals surface area contributed by atoms with Crippen LogP contribution in [0.15, 0.2) is 36.4 Å². The third-order valence-corrected chi connectivity index (χ3v) is 4.60. The number of nitrogens with one attached hydrogen (secondary N) is 2. The van der Waals surface area contributed by atoms with Crippen LogP contribution >= 0.6 is 0 Å². The lowest BCUT2D eigenvalue weighted by Gasteiger charge is -2.28. The van der Waals surface area contributed by atoms with Gasteiger partial charge >= 0.3 is 0 Å². The highest BCUT2D eigenvalue weighted by Gasteiger charge is 2.13. The molecule has 0 bridgehead atoms. The number of anilines is 2. The van der Waals surface area contributed by atoms with Crippen molar-refractivity contribution >= 4 is 17.5 Å². The molecular formula is C21H29N5O2. The first-order valence-electron chi connectivity index (χ1n) is 9.93. The van der Waals surface area contributed by atoms with E-state index in [1.54, 1.807) is 0 Å². The van der Waals surface area contributed by atoms with E-state index in [0.717, 1.165) is 36.1 Å². The number of nitrogens with zero attached hydrogens (tertiary/aromatic N) is 3. The fraction of sp³-hybridized carbons (Fsp3) is 0.476. The molecule has 1 fully saturated rings. The smallest absolute Gasteiger partial charge is 0.246 e. The van der Waals surface area contributed by atoms with Crippen molar-refractivity contribution in [2.45, 2.75) is 32.8 Å². The van der Waals surface area contributed by atoms with Crippen LogP contribution in [0.5, 0.6) is 0 Å². The molecule has 1 aromatic heterocycles. The van der Waals surface area contributed by atoms with Crippen molar-refractivity contribution in [1.82, 2.24) is 15.3 Å². The van der Waals surface area contributed by atoms with Crippen LogP contribution in [-0.2, 0) is 16.1 Å². The van der Waals surface area contributed by atoms with Gasteiger partial charge in [-0.05, 0) is 31.7 Å². The molecule has 28 heavy (non-hydrogen) atoms. The normalized spacial score (nSPS) is 14.0. The third kappa shape index (κ3) is 6.49. The second-order valence-corrected chi connectivity index (χ2v) is 6.96. The van der Waals surface area contributed by atoms with Crippen molar-refractivity contribution < 1.29 is 9.53 Å². The summed E-state index contributed by atoms with van der Waals surface area (Å²) < 4.78 is 5.44. The minimum atomic E-state index is -0.120. The van der Waals surface area contributed by atoms with Gasteiger partial charge in [0.15, 0.2) is 0 Å². The summed E-state index contributed by atoms with van der Waals surface area (Å²) in [5.41, 5.74) is 1.06. The molecule has 0 unspecified atom stereocenters. The molecular weight excluding hydrogens is 354 g/mol. The second-order valence-electron chi connectivity index (χ2n) is 6.96. The van der Waals surface area contributed by atoms with Gasteiger partial charge in [-0.2, -0.15) is 0 Å². The van der Waals surface area contributed by atoms with Crippen molar-refractivity contribution in [3.05, 3.63) is 47.8 Å². The minimum absolute atomic E-state index is 0.0562. The highest BCUT2D eigenvalue weighted by atomic mass is 16.5. The number of carbonyl (C=O) groups is 1. The summed E-state index contributed by atoms with van der Waals surface area (Å²) in [7, 11) is 0. The van der Waals surface area contributed by atoms with Crippen LogP contribution < -0.4 is 15.5 Å². The maximum Gasteiger partial charge on any atom is 0.246 e. The molecule has 0 saturated carbocycles. The highest BCUT2D eigenvalue weighted by molar-refractivity contribution is 5.77. The van der Waals surface area contributed by atoms with Gasteiger partial charge in [0.2, 0.25) is 5.91 Å². The molecule has 7 nitrogen and oxygen atoms in total. The van der Waals surface area contributed by atoms with Crippen LogP contribution in [0.2, 0.25) is 0 Å². The Balaban J connectivity index is 1.36. The molecule has 1 aromatic carbocycles. The van der Waals surface area contributed by atoms with Crippen molar-refractivity contribution in [3.8, 4) is 0 Å². The summed E-state index contributed by atoms with van der Waals surface area (Å²) in [6.45, 7) is 5.61. The van der Waals surface area contributed by atoms with E-state index in [2.05, 4.69) is 25.5 Å². The number of benzene rings is 1. The Bertz CT molecular complexity index is 748. The fourth-order valence-corrected chi connectivity index (χ4v) is 3.21. The molecule has 3 rings (SSSR count). The summed E-state index contributed by atoms with van der Waals surface area (Å²) in [6, 6.07) is 11.8. The molecule has 1 aliphatic rings. The van der Waals surface area contributed by atoms with Gasteiger partial charge in [0.05, 0.1) is 6.61 Å². The van der Waals surface area contributed by atoms with Gasteiger partial charge in [-0.25, -0.2) is 9.97 Å². The molecule has 0 spiro atoms. The Morgan fingerprint density at radius 1 is 1.11 bits per heavy atom. The van der Waals surface area contributed by atoms with Gasteiger partial charge in [0.1, 0.15) is 24.1 Å². The van der Waals surface area contributed by atoms with Crippen LogP contribution in [0.4, 0.5) is 11.6 Å². The zero-order chi connectivity index (χ0) is 19.6. The van der Waals surface area contributed by atoms with Gasteiger partial charge in [0, 0.05) is 32.2 Å². The van der Waals surface area contributed by atoms with E-state index in [1.807, 2.05) is 43.3 Å². The molecule has 150 valence electrons. The maximum absolute atomic E-state index is 11.9. The van der Waals surface area contributed by atoms with Crippen LogP contribution in [0, 0.1) is 6.92 Å². The van der Waals surface area contributed by atoms with Crippen LogP contribution in [0.1, 0.15) is 30.7 Å². The molecule has 0 aliphatic carbocycles. The number of rotatable bonds is 9. The molecule has 2 heterocycles. The molecule has 0 radical (unpaired) electrons. The number of aryl methyl sites for hydroxylation is 1. The van der Waals surface area contributed by atoms with E-state index < -0.39 is 0 Å². The lowest BCUT2D eigenvalue weighted by molar-refractivity contribution is -0.126. The number of aromatic nitrogens is 2. The Morgan fingerprint density at radius 3 is 2.68 bits per heavy atom. The number of carbonyl (C=O) groups excluding carboxylic acids is 1. The Labute approximate surface area is 166 Å². The van der Waals surface area contributed by atoms with E-state index in [0.29, 0.717) is 19.7 Å². The zero-order valence-electron chi connectivity index (χ0n) is 16.5. The summed E-state index contributed by atoms with van der Waals surface area (Å²) >= 11 is 0. The molecule has 1 aliphatic heterocycles. The van der Waals surface area contributed by atoms with Gasteiger partial charge in [-0.3, -0.25) is 4.79 Å². The van der Waals surface area contributed by atoms with Crippen molar-refractivity contribution in [3.63, 3.8) is 0 Å². The number of ether oxygens (including phenoxy) is 1. The first-order valence-corrected chi connectivity index (χ1v) is 9.93. The van der Waals surface area contributed by atoms with Crippen molar-refractivity contribution in [1.29, 1.82) is 0 Å². The molecule has 2 N–H and O–H groups in total. The average molecular weight is 383 g/mol. The SMILES string of the molecule is Cc1nc(NCCNC(=O)COCc2ccccc2)cc(N2CCCCC2)n1. The largest absolute Gasteiger partial charge is 0.368 e. The summed E-state index contributed by atoms with van der Waals surface area (Å²) in [6.07, 6.45) is 3.72. The monoisotopic (exact) mass is 383 g/mol. The van der Waals surface area contributed by atoms with E-state index >= 15 is 0 Å². The molecule has 2 aromatic rings. The highest BCUT2D eigenvalue weighted by Crippen LogP contribution is 2.20. The number of amides is 1. The molecule has 7 heteroatoms. The Morgan fingerprint density at radius 2 is 1.89 bits per heavy atom. The van der Waals surface area contributed by atoms with Crippen molar-refractivity contribution in [2.24, 2.45) is 0 Å². The summed E-state index contributed by atoms with van der Waals surface area (Å²) in [4.78, 5) is 23.2. The van der Waals surface area contributed by atoms with Gasteiger partial charge in [-0.15, -0.1) is 0 Å². The van der Waals surface area contributed by atoms with Gasteiger partial charge < -0.3 is 20.3 Å². The number of piperidine rings is 1. The lowest BCUT2D eigenvalue weighted by atomic mass is 10.1. The number of hydrogen-bond acceptors (Lipinski definition) is 6. The third-order valence-electron chi connectivity index (χ3n) is 4.60. The van der Waals surface area contributed by atoms with E-state index in [-0.39, 0.29) is 12.5 Å². The molecule has 1 amide bonds. The quantitative estimate of drug-likeness (QED) is 0.648. The predicted octanol–water partition coefficient (Wildman–Crippen LogP) is 2.52. The van der Waals surface area contributed by atoms with E-state index in [4.69, 9.17) is 4.74 Å². The van der Waals surface area contributed by atoms with Crippen LogP contribution in [0.3, 0.4) is 0 Å². The standard InChI is InChI=1S/C21H29N5O2/c1-17-24-19(14-20(25-17)26-12-6-3-7-13-26)22-10-11-23-21(27)16-28-15-18-8-4-2-5-9-18/h2,4-5,8-9,14H,3,6-7,10-13,15-16H2,1H3,(H,23,27)(H,22,24,25). The minimum Gasteiger partial charge on any atom is -0.368 e. The summed E-state index contributed by atoms with van der Waals surface area (Å²) in [5.74, 6) is 2.41. The first-order chi connectivity index (χ1) is 13.7. The lowest BCUT2D eigenvalue weighted by Crippen LogP contribution is -2.32. The van der Waals surface area contributed by atoms with Crippen LogP contribution in [0.25, 0.3) is 0 Å². The fourth-order valence-electron chi connectivity index (χ4n) is 3.21. The Kier molecular flexibility index (Phi) is 7.61. The molecule has 1 saturated heterocycles. The zero-order valence-corrected chi connectivity index (χ0v) is 16.5. The predicted molar refractivity (Wildman–Crippen MR) is 110 cm³/mol. The average Bonchev–Trinajstić information content (AvgIpc) is 2.72. The van der Waals surface area contributed by atoms with Gasteiger partial charge in [0.25, 0.3) is 0 Å². The number of hydrogen-bond donors (Lipinski definition) is 2. The summed E-state index contributed by atoms with van der Waals surface area (Å²) in [5, 5.41) is 6.12. The second kappa shape index (κ2) is 10.6. The maximum atomic E-state index is 11.9. The first kappa shape index (κ1) is 20.1. The molecule has 0 atom stereocenters. The topological polar surface area (TPSA) is 79.4 Å². The van der Waals surface area contributed by atoms with Gasteiger partial charge in [-0.1, -0.05) is 30.3 Å². The van der Waals surface area contributed by atoms with E-state index in [1.165, 1.54) is 19.3 Å². The Hall–Kier alpha value is -2.67. The van der Waals surface area contributed by atoms with E-state index in [9.17, 15) is 4.79 Å². The van der Waals surface area contributed by atoms with Crippen LogP contribution in [-0.4, -0.2) is 48.7 Å². The van der Waals surface area contributed by atoms with Crippen molar-refractivity contribution in [2.75, 3.05) is 43.0 Å².